The van der Waals surface area contributed by atoms with Gasteiger partial charge in [-0.15, -0.1) is 5.10 Å². The number of aromatic nitrogens is 1. The molecule has 0 saturated carbocycles. The summed E-state index contributed by atoms with van der Waals surface area (Å²) in [5.74, 6) is 5.36. The van der Waals surface area contributed by atoms with Gasteiger partial charge in [0.05, 0.1) is 11.2 Å². The average molecular weight is 225 g/mol. The van der Waals surface area contributed by atoms with E-state index in [4.69, 9.17) is 10.3 Å². The summed E-state index contributed by atoms with van der Waals surface area (Å²) >= 11 is 0. The van der Waals surface area contributed by atoms with Crippen LogP contribution in [0.3, 0.4) is 0 Å². The molecule has 2 N–H and O–H groups in total. The van der Waals surface area contributed by atoms with E-state index < -0.39 is 0 Å². The Balaban J connectivity index is 2.43. The highest BCUT2D eigenvalue weighted by Crippen LogP contribution is 2.16. The van der Waals surface area contributed by atoms with Gasteiger partial charge in [0.25, 0.3) is 0 Å². The second-order valence-electron chi connectivity index (χ2n) is 3.65. The number of hydrogen-bond acceptors (Lipinski definition) is 3. The van der Waals surface area contributed by atoms with E-state index in [-0.39, 0.29) is 0 Å². The molecule has 0 spiro atoms. The third kappa shape index (κ3) is 1.50. The highest BCUT2D eigenvalue weighted by atomic mass is 16.4. The van der Waals surface area contributed by atoms with Crippen molar-refractivity contribution in [2.24, 2.45) is 10.9 Å². The van der Waals surface area contributed by atoms with Crippen LogP contribution in [-0.2, 0) is 0 Å². The van der Waals surface area contributed by atoms with E-state index >= 15 is 0 Å². The Morgan fingerprint density at radius 1 is 0.941 bits per heavy atom. The number of fused-ring (bicyclic) bond motifs is 1. The number of rotatable bonds is 1. The average Bonchev–Trinajstić information content (AvgIpc) is 2.78. The first-order valence-electron chi connectivity index (χ1n) is 5.30. The van der Waals surface area contributed by atoms with E-state index in [0.29, 0.717) is 5.68 Å². The maximum Gasteiger partial charge on any atom is 0.323 e. The molecule has 0 aliphatic heterocycles. The van der Waals surface area contributed by atoms with Crippen LogP contribution in [-0.4, -0.2) is 4.57 Å². The molecule has 0 saturated heterocycles. The molecular weight excluding hydrogens is 214 g/mol. The van der Waals surface area contributed by atoms with Crippen molar-refractivity contribution in [1.82, 2.24) is 4.57 Å². The SMILES string of the molecule is NN=c1oc2ccccc2n1-c1ccccc1. The lowest BCUT2D eigenvalue weighted by Crippen LogP contribution is -2.16. The number of nitrogens with zero attached hydrogens (tertiary/aromatic N) is 2. The topological polar surface area (TPSA) is 56.4 Å². The summed E-state index contributed by atoms with van der Waals surface area (Å²) in [6, 6.07) is 17.6. The Labute approximate surface area is 97.6 Å². The lowest BCUT2D eigenvalue weighted by Gasteiger charge is -2.01. The van der Waals surface area contributed by atoms with Crippen molar-refractivity contribution in [3.05, 3.63) is 60.3 Å². The normalized spacial score (nSPS) is 12.1. The van der Waals surface area contributed by atoms with Gasteiger partial charge in [-0.1, -0.05) is 30.3 Å². The summed E-state index contributed by atoms with van der Waals surface area (Å²) in [5, 5.41) is 3.68. The van der Waals surface area contributed by atoms with Gasteiger partial charge in [0, 0.05) is 0 Å². The van der Waals surface area contributed by atoms with E-state index in [9.17, 15) is 0 Å². The van der Waals surface area contributed by atoms with Crippen molar-refractivity contribution in [2.75, 3.05) is 0 Å². The molecule has 0 bridgehead atoms. The standard InChI is InChI=1S/C13H11N3O/c14-15-13-16(10-6-2-1-3-7-10)11-8-4-5-9-12(11)17-13/h1-9H,14H2. The van der Waals surface area contributed by atoms with Crippen LogP contribution < -0.4 is 11.5 Å². The molecule has 17 heavy (non-hydrogen) atoms. The summed E-state index contributed by atoms with van der Waals surface area (Å²) in [4.78, 5) is 0. The van der Waals surface area contributed by atoms with E-state index in [2.05, 4.69) is 5.10 Å². The minimum Gasteiger partial charge on any atom is -0.422 e. The van der Waals surface area contributed by atoms with Crippen molar-refractivity contribution < 1.29 is 4.42 Å². The summed E-state index contributed by atoms with van der Waals surface area (Å²) in [5.41, 5.74) is 3.07. The van der Waals surface area contributed by atoms with E-state index in [1.807, 2.05) is 59.2 Å². The van der Waals surface area contributed by atoms with Crippen LogP contribution in [0.2, 0.25) is 0 Å². The lowest BCUT2D eigenvalue weighted by atomic mass is 10.3. The highest BCUT2D eigenvalue weighted by molar-refractivity contribution is 5.74. The molecule has 3 rings (SSSR count). The predicted molar refractivity (Wildman–Crippen MR) is 65.3 cm³/mol. The van der Waals surface area contributed by atoms with Gasteiger partial charge in [-0.05, 0) is 24.3 Å². The monoisotopic (exact) mass is 225 g/mol. The second-order valence-corrected chi connectivity index (χ2v) is 3.65. The van der Waals surface area contributed by atoms with Crippen LogP contribution in [0.15, 0.2) is 64.1 Å². The molecule has 1 aromatic heterocycles. The van der Waals surface area contributed by atoms with E-state index in [0.717, 1.165) is 16.8 Å². The number of nitrogens with two attached hydrogens (primary N) is 1. The Kier molecular flexibility index (Phi) is 2.19. The largest absolute Gasteiger partial charge is 0.422 e. The fraction of sp³-hybridized carbons (Fsp3) is 0. The smallest absolute Gasteiger partial charge is 0.323 e. The molecule has 2 aromatic carbocycles. The van der Waals surface area contributed by atoms with Gasteiger partial charge in [0.1, 0.15) is 0 Å². The molecule has 4 heteroatoms. The van der Waals surface area contributed by atoms with Crippen molar-refractivity contribution in [2.45, 2.75) is 0 Å². The highest BCUT2D eigenvalue weighted by Gasteiger charge is 2.08. The van der Waals surface area contributed by atoms with Gasteiger partial charge < -0.3 is 10.3 Å². The fourth-order valence-corrected chi connectivity index (χ4v) is 1.89. The zero-order valence-corrected chi connectivity index (χ0v) is 9.08. The van der Waals surface area contributed by atoms with E-state index in [1.54, 1.807) is 0 Å². The van der Waals surface area contributed by atoms with Crippen molar-refractivity contribution >= 4 is 11.1 Å². The lowest BCUT2D eigenvalue weighted by molar-refractivity contribution is 0.513. The van der Waals surface area contributed by atoms with Crippen molar-refractivity contribution in [1.29, 1.82) is 0 Å². The van der Waals surface area contributed by atoms with Crippen LogP contribution in [0.1, 0.15) is 0 Å². The quantitative estimate of drug-likeness (QED) is 0.508. The molecule has 0 aliphatic rings. The summed E-state index contributed by atoms with van der Waals surface area (Å²) < 4.78 is 7.46. The minimum absolute atomic E-state index is 0.386. The van der Waals surface area contributed by atoms with Gasteiger partial charge >= 0.3 is 5.68 Å². The first-order chi connectivity index (χ1) is 8.40. The predicted octanol–water partition coefficient (Wildman–Crippen LogP) is 2.00. The van der Waals surface area contributed by atoms with Crippen molar-refractivity contribution in [3.63, 3.8) is 0 Å². The van der Waals surface area contributed by atoms with Gasteiger partial charge in [-0.3, -0.25) is 4.57 Å². The molecule has 1 heterocycles. The molecule has 4 nitrogen and oxygen atoms in total. The first kappa shape index (κ1) is 9.72. The molecule has 0 unspecified atom stereocenters. The van der Waals surface area contributed by atoms with Crippen LogP contribution in [0.4, 0.5) is 0 Å². The molecule has 0 amide bonds. The molecular formula is C13H11N3O. The van der Waals surface area contributed by atoms with Crippen LogP contribution >= 0.6 is 0 Å². The van der Waals surface area contributed by atoms with Crippen LogP contribution in [0, 0.1) is 0 Å². The fourth-order valence-electron chi connectivity index (χ4n) is 1.89. The molecule has 0 fully saturated rings. The molecule has 0 radical (unpaired) electrons. The van der Waals surface area contributed by atoms with Crippen LogP contribution in [0.5, 0.6) is 0 Å². The summed E-state index contributed by atoms with van der Waals surface area (Å²) in [6.07, 6.45) is 0. The van der Waals surface area contributed by atoms with Gasteiger partial charge in [0.15, 0.2) is 5.58 Å². The molecule has 84 valence electrons. The third-order valence-corrected chi connectivity index (χ3v) is 2.62. The number of para-hydroxylation sites is 3. The number of benzene rings is 2. The zero-order chi connectivity index (χ0) is 11.7. The summed E-state index contributed by atoms with van der Waals surface area (Å²) in [6.45, 7) is 0. The van der Waals surface area contributed by atoms with Gasteiger partial charge in [-0.2, -0.15) is 0 Å². The third-order valence-electron chi connectivity index (χ3n) is 2.62. The first-order valence-corrected chi connectivity index (χ1v) is 5.30. The van der Waals surface area contributed by atoms with E-state index in [1.165, 1.54) is 0 Å². The Bertz CT molecular complexity index is 710. The minimum atomic E-state index is 0.386. The molecule has 3 aromatic rings. The maximum atomic E-state index is 5.57. The molecule has 0 aliphatic carbocycles. The number of hydrogen-bond donors (Lipinski definition) is 1. The number of oxazole rings is 1. The van der Waals surface area contributed by atoms with Crippen molar-refractivity contribution in [3.8, 4) is 5.69 Å². The summed E-state index contributed by atoms with van der Waals surface area (Å²) in [7, 11) is 0. The zero-order valence-electron chi connectivity index (χ0n) is 9.08. The van der Waals surface area contributed by atoms with Gasteiger partial charge in [0.2, 0.25) is 0 Å². The maximum absolute atomic E-state index is 5.57. The second kappa shape index (κ2) is 3.83. The van der Waals surface area contributed by atoms with Gasteiger partial charge in [-0.25, -0.2) is 0 Å². The Morgan fingerprint density at radius 3 is 2.41 bits per heavy atom. The molecule has 0 atom stereocenters. The van der Waals surface area contributed by atoms with Crippen LogP contribution in [0.25, 0.3) is 16.8 Å². The Morgan fingerprint density at radius 2 is 1.65 bits per heavy atom. The Hall–Kier alpha value is -2.49.